The molecule has 3 nitrogen and oxygen atoms in total. The molecule has 0 saturated carbocycles. The van der Waals surface area contributed by atoms with E-state index in [0.717, 1.165) is 36.6 Å². The minimum Gasteiger partial charge on any atom is -0.493 e. The Morgan fingerprint density at radius 2 is 1.83 bits per heavy atom. The Morgan fingerprint density at radius 3 is 2.48 bits per heavy atom. The van der Waals surface area contributed by atoms with Crippen molar-refractivity contribution < 1.29 is 9.47 Å². The molecular weight excluding hydrogens is 286 g/mol. The molecule has 0 unspecified atom stereocenters. The molecule has 23 heavy (non-hydrogen) atoms. The Hall–Kier alpha value is -2.26. The number of allylic oxidation sites excluding steroid dienone is 1. The zero-order valence-corrected chi connectivity index (χ0v) is 14.2. The van der Waals surface area contributed by atoms with E-state index in [4.69, 9.17) is 9.47 Å². The molecule has 2 rings (SSSR count). The summed E-state index contributed by atoms with van der Waals surface area (Å²) in [5.74, 6) is 1.55. The van der Waals surface area contributed by atoms with Gasteiger partial charge in [-0.2, -0.15) is 0 Å². The van der Waals surface area contributed by atoms with Crippen LogP contribution < -0.4 is 14.8 Å². The molecule has 0 bridgehead atoms. The molecule has 0 spiro atoms. The van der Waals surface area contributed by atoms with Crippen LogP contribution in [0.15, 0.2) is 49.1 Å². The lowest BCUT2D eigenvalue weighted by Gasteiger charge is -2.15. The van der Waals surface area contributed by atoms with E-state index in [1.165, 1.54) is 16.7 Å². The van der Waals surface area contributed by atoms with Gasteiger partial charge in [-0.1, -0.05) is 36.4 Å². The van der Waals surface area contributed by atoms with E-state index in [1.807, 2.05) is 12.1 Å². The monoisotopic (exact) mass is 311 g/mol. The largest absolute Gasteiger partial charge is 0.493 e. The first-order valence-corrected chi connectivity index (χ1v) is 7.79. The summed E-state index contributed by atoms with van der Waals surface area (Å²) in [6.45, 7) is 7.57. The van der Waals surface area contributed by atoms with Gasteiger partial charge in [-0.25, -0.2) is 0 Å². The van der Waals surface area contributed by atoms with Crippen LogP contribution in [-0.2, 0) is 19.5 Å². The molecule has 0 radical (unpaired) electrons. The zero-order chi connectivity index (χ0) is 16.7. The Kier molecular flexibility index (Phi) is 6.24. The van der Waals surface area contributed by atoms with Crippen molar-refractivity contribution in [2.24, 2.45) is 0 Å². The Bertz CT molecular complexity index is 665. The van der Waals surface area contributed by atoms with Crippen molar-refractivity contribution in [3.8, 4) is 11.5 Å². The lowest BCUT2D eigenvalue weighted by Crippen LogP contribution is -2.14. The van der Waals surface area contributed by atoms with Gasteiger partial charge in [0.2, 0.25) is 0 Å². The fraction of sp³-hybridized carbons (Fsp3) is 0.300. The number of aryl methyl sites for hydroxylation is 1. The third kappa shape index (κ3) is 4.36. The average Bonchev–Trinajstić information content (AvgIpc) is 2.56. The van der Waals surface area contributed by atoms with Crippen molar-refractivity contribution in [2.75, 3.05) is 14.2 Å². The predicted octanol–water partition coefficient (Wildman–Crippen LogP) is 4.03. The minimum absolute atomic E-state index is 0.755. The van der Waals surface area contributed by atoms with Gasteiger partial charge in [-0.3, -0.25) is 0 Å². The number of hydrogen-bond donors (Lipinski definition) is 1. The number of rotatable bonds is 8. The molecule has 0 aliphatic rings. The van der Waals surface area contributed by atoms with E-state index in [1.54, 1.807) is 14.2 Å². The van der Waals surface area contributed by atoms with Crippen molar-refractivity contribution in [1.29, 1.82) is 0 Å². The maximum atomic E-state index is 5.47. The van der Waals surface area contributed by atoms with Gasteiger partial charge in [0, 0.05) is 18.7 Å². The molecule has 0 amide bonds. The standard InChI is InChI=1S/C20H25NO2/c1-5-8-17-11-16(12-19(22-3)20(17)23-4)13-21-14-18-10-7-6-9-15(18)2/h5-7,9-12,21H,1,8,13-14H2,2-4H3. The molecule has 122 valence electrons. The van der Waals surface area contributed by atoms with E-state index < -0.39 is 0 Å². The normalized spacial score (nSPS) is 10.4. The van der Waals surface area contributed by atoms with Gasteiger partial charge in [0.15, 0.2) is 11.5 Å². The molecule has 0 atom stereocenters. The van der Waals surface area contributed by atoms with Crippen molar-refractivity contribution in [3.05, 3.63) is 71.3 Å². The third-order valence-corrected chi connectivity index (χ3v) is 3.89. The summed E-state index contributed by atoms with van der Waals surface area (Å²) in [5.41, 5.74) is 4.89. The maximum Gasteiger partial charge on any atom is 0.164 e. The summed E-state index contributed by atoms with van der Waals surface area (Å²) in [6, 6.07) is 12.6. The first-order valence-electron chi connectivity index (χ1n) is 7.79. The molecule has 0 aliphatic heterocycles. The lowest BCUT2D eigenvalue weighted by molar-refractivity contribution is 0.351. The predicted molar refractivity (Wildman–Crippen MR) is 95.2 cm³/mol. The summed E-state index contributed by atoms with van der Waals surface area (Å²) in [5, 5.41) is 3.49. The second-order valence-electron chi connectivity index (χ2n) is 5.51. The van der Waals surface area contributed by atoms with Crippen molar-refractivity contribution in [3.63, 3.8) is 0 Å². The second-order valence-corrected chi connectivity index (χ2v) is 5.51. The van der Waals surface area contributed by atoms with E-state index in [9.17, 15) is 0 Å². The van der Waals surface area contributed by atoms with Crippen molar-refractivity contribution in [1.82, 2.24) is 5.32 Å². The molecule has 0 aliphatic carbocycles. The first kappa shape index (κ1) is 17.1. The van der Waals surface area contributed by atoms with Crippen molar-refractivity contribution in [2.45, 2.75) is 26.4 Å². The van der Waals surface area contributed by atoms with Crippen LogP contribution in [0, 0.1) is 6.92 Å². The summed E-state index contributed by atoms with van der Waals surface area (Å²) in [6.07, 6.45) is 2.63. The topological polar surface area (TPSA) is 30.5 Å². The number of benzene rings is 2. The first-order chi connectivity index (χ1) is 11.2. The van der Waals surface area contributed by atoms with Crippen LogP contribution in [0.5, 0.6) is 11.5 Å². The number of ether oxygens (including phenoxy) is 2. The van der Waals surface area contributed by atoms with Crippen molar-refractivity contribution >= 4 is 0 Å². The fourth-order valence-corrected chi connectivity index (χ4v) is 2.67. The van der Waals surface area contributed by atoms with Gasteiger partial charge in [-0.15, -0.1) is 6.58 Å². The zero-order valence-electron chi connectivity index (χ0n) is 14.2. The molecule has 2 aromatic rings. The van der Waals surface area contributed by atoms with E-state index in [-0.39, 0.29) is 0 Å². The smallest absolute Gasteiger partial charge is 0.164 e. The number of nitrogens with one attached hydrogen (secondary N) is 1. The van der Waals surface area contributed by atoms with Gasteiger partial charge in [0.05, 0.1) is 14.2 Å². The van der Waals surface area contributed by atoms with Crippen LogP contribution >= 0.6 is 0 Å². The highest BCUT2D eigenvalue weighted by molar-refractivity contribution is 5.50. The Labute approximate surface area is 138 Å². The number of methoxy groups -OCH3 is 2. The minimum atomic E-state index is 0.755. The van der Waals surface area contributed by atoms with Crippen LogP contribution in [-0.4, -0.2) is 14.2 Å². The highest BCUT2D eigenvalue weighted by atomic mass is 16.5. The summed E-state index contributed by atoms with van der Waals surface area (Å²) >= 11 is 0. The van der Waals surface area contributed by atoms with Crippen LogP contribution in [0.25, 0.3) is 0 Å². The van der Waals surface area contributed by atoms with Gasteiger partial charge in [0.25, 0.3) is 0 Å². The molecule has 0 heterocycles. The highest BCUT2D eigenvalue weighted by Gasteiger charge is 2.11. The maximum absolute atomic E-state index is 5.47. The van der Waals surface area contributed by atoms with Crippen LogP contribution in [0.1, 0.15) is 22.3 Å². The van der Waals surface area contributed by atoms with Gasteiger partial charge in [-0.05, 0) is 36.1 Å². The quantitative estimate of drug-likeness (QED) is 0.747. The van der Waals surface area contributed by atoms with Gasteiger partial charge >= 0.3 is 0 Å². The molecule has 0 fully saturated rings. The molecule has 0 aromatic heterocycles. The average molecular weight is 311 g/mol. The van der Waals surface area contributed by atoms with Crippen LogP contribution in [0.4, 0.5) is 0 Å². The Morgan fingerprint density at radius 1 is 1.04 bits per heavy atom. The van der Waals surface area contributed by atoms with E-state index >= 15 is 0 Å². The van der Waals surface area contributed by atoms with Crippen LogP contribution in [0.3, 0.4) is 0 Å². The number of hydrogen-bond acceptors (Lipinski definition) is 3. The second kappa shape index (κ2) is 8.39. The molecule has 0 saturated heterocycles. The molecular formula is C20H25NO2. The summed E-state index contributed by atoms with van der Waals surface area (Å²) in [4.78, 5) is 0. The summed E-state index contributed by atoms with van der Waals surface area (Å²) in [7, 11) is 3.33. The summed E-state index contributed by atoms with van der Waals surface area (Å²) < 4.78 is 10.9. The van der Waals surface area contributed by atoms with E-state index in [0.29, 0.717) is 0 Å². The molecule has 1 N–H and O–H groups in total. The lowest BCUT2D eigenvalue weighted by atomic mass is 10.0. The third-order valence-electron chi connectivity index (χ3n) is 3.89. The SMILES string of the molecule is C=CCc1cc(CNCc2ccccc2C)cc(OC)c1OC. The van der Waals surface area contributed by atoms with E-state index in [2.05, 4.69) is 49.2 Å². The van der Waals surface area contributed by atoms with Crippen LogP contribution in [0.2, 0.25) is 0 Å². The highest BCUT2D eigenvalue weighted by Crippen LogP contribution is 2.33. The molecule has 2 aromatic carbocycles. The fourth-order valence-electron chi connectivity index (χ4n) is 2.67. The van der Waals surface area contributed by atoms with Gasteiger partial charge in [0.1, 0.15) is 0 Å². The molecule has 3 heteroatoms. The van der Waals surface area contributed by atoms with Gasteiger partial charge < -0.3 is 14.8 Å². The Balaban J connectivity index is 2.11.